The van der Waals surface area contributed by atoms with Crippen LogP contribution in [-0.2, 0) is 27.4 Å². The lowest BCUT2D eigenvalue weighted by Gasteiger charge is -2.24. The van der Waals surface area contributed by atoms with Crippen molar-refractivity contribution in [2.75, 3.05) is 5.32 Å². The topological polar surface area (TPSA) is 101 Å². The summed E-state index contributed by atoms with van der Waals surface area (Å²) in [5.41, 5.74) is 1.68. The summed E-state index contributed by atoms with van der Waals surface area (Å²) in [6, 6.07) is 14.9. The van der Waals surface area contributed by atoms with Gasteiger partial charge in [-0.3, -0.25) is 14.5 Å². The van der Waals surface area contributed by atoms with Crippen molar-refractivity contribution in [3.05, 3.63) is 89.6 Å². The quantitative estimate of drug-likeness (QED) is 0.570. The molecule has 0 saturated carbocycles. The van der Waals surface area contributed by atoms with Gasteiger partial charge in [-0.05, 0) is 47.5 Å². The van der Waals surface area contributed by atoms with Crippen LogP contribution < -0.4 is 10.6 Å². The fourth-order valence-electron chi connectivity index (χ4n) is 3.69. The van der Waals surface area contributed by atoms with Gasteiger partial charge in [0.2, 0.25) is 11.8 Å². The number of halogens is 1. The van der Waals surface area contributed by atoms with Crippen LogP contribution in [0.1, 0.15) is 29.9 Å². The molecular weight excluding hydrogens is 429 g/mol. The first-order valence-corrected chi connectivity index (χ1v) is 10.3. The molecule has 0 aliphatic carbocycles. The van der Waals surface area contributed by atoms with Crippen LogP contribution in [0.5, 0.6) is 0 Å². The normalized spacial score (nSPS) is 17.5. The molecule has 1 aliphatic rings. The Bertz CT molecular complexity index is 1150. The smallest absolute Gasteiger partial charge is 0.411 e. The average Bonchev–Trinajstić information content (AvgIpc) is 3.41. The Morgan fingerprint density at radius 1 is 1.09 bits per heavy atom. The second-order valence-corrected chi connectivity index (χ2v) is 7.61. The number of furan rings is 1. The molecule has 170 valence electrons. The zero-order chi connectivity index (χ0) is 23.4. The van der Waals surface area contributed by atoms with Crippen LogP contribution in [0.25, 0.3) is 0 Å². The first kappa shape index (κ1) is 22.1. The Hall–Kier alpha value is -4.14. The average molecular weight is 451 g/mol. The molecule has 3 aromatic rings. The maximum absolute atomic E-state index is 13.7. The Balaban J connectivity index is 1.60. The third-order valence-electron chi connectivity index (χ3n) is 5.17. The molecule has 4 rings (SSSR count). The van der Waals surface area contributed by atoms with E-state index in [-0.39, 0.29) is 19.0 Å². The van der Waals surface area contributed by atoms with Crippen LogP contribution in [0.4, 0.5) is 14.9 Å². The lowest BCUT2D eigenvalue weighted by Crippen LogP contribution is -2.46. The molecule has 8 nitrogen and oxygen atoms in total. The Morgan fingerprint density at radius 2 is 1.88 bits per heavy atom. The number of benzene rings is 2. The molecule has 2 N–H and O–H groups in total. The first-order valence-electron chi connectivity index (χ1n) is 10.3. The van der Waals surface area contributed by atoms with Crippen molar-refractivity contribution < 1.29 is 27.9 Å². The summed E-state index contributed by atoms with van der Waals surface area (Å²) in [6.45, 7) is 1.53. The van der Waals surface area contributed by atoms with Gasteiger partial charge >= 0.3 is 6.09 Å². The second kappa shape index (κ2) is 9.56. The maximum Gasteiger partial charge on any atom is 0.411 e. The van der Waals surface area contributed by atoms with E-state index in [1.165, 1.54) is 36.3 Å². The Morgan fingerprint density at radius 3 is 2.55 bits per heavy atom. The van der Waals surface area contributed by atoms with Gasteiger partial charge in [-0.25, -0.2) is 9.18 Å². The highest BCUT2D eigenvalue weighted by Gasteiger charge is 2.47. The predicted octanol–water partition coefficient (Wildman–Crippen LogP) is 3.76. The van der Waals surface area contributed by atoms with Gasteiger partial charge in [-0.15, -0.1) is 0 Å². The molecule has 1 aliphatic heterocycles. The third-order valence-corrected chi connectivity index (χ3v) is 5.17. The van der Waals surface area contributed by atoms with Gasteiger partial charge < -0.3 is 19.8 Å². The minimum atomic E-state index is -0.998. The van der Waals surface area contributed by atoms with Gasteiger partial charge in [0.25, 0.3) is 0 Å². The van der Waals surface area contributed by atoms with Crippen molar-refractivity contribution in [2.45, 2.75) is 32.2 Å². The van der Waals surface area contributed by atoms with E-state index >= 15 is 0 Å². The molecule has 0 radical (unpaired) electrons. The molecule has 2 unspecified atom stereocenters. The summed E-state index contributed by atoms with van der Waals surface area (Å²) in [7, 11) is 0. The molecule has 3 amide bonds. The van der Waals surface area contributed by atoms with E-state index in [0.717, 1.165) is 0 Å². The van der Waals surface area contributed by atoms with Gasteiger partial charge in [-0.1, -0.05) is 24.3 Å². The van der Waals surface area contributed by atoms with E-state index in [9.17, 15) is 18.8 Å². The molecule has 1 aromatic heterocycles. The fourth-order valence-corrected chi connectivity index (χ4v) is 3.69. The molecule has 2 atom stereocenters. The monoisotopic (exact) mass is 451 g/mol. The third kappa shape index (κ3) is 5.20. The van der Waals surface area contributed by atoms with Crippen LogP contribution in [0, 0.1) is 5.82 Å². The molecule has 2 heterocycles. The number of anilines is 1. The number of nitrogens with zero attached hydrogens (tertiary/aromatic N) is 1. The highest BCUT2D eigenvalue weighted by molar-refractivity contribution is 5.90. The van der Waals surface area contributed by atoms with Crippen LogP contribution >= 0.6 is 0 Å². The molecule has 0 spiro atoms. The molecule has 1 saturated heterocycles. The number of cyclic esters (lactones) is 1. The van der Waals surface area contributed by atoms with E-state index in [2.05, 4.69) is 10.6 Å². The standard InChI is InChI=1S/C24H22FN3O5/c1-15(29)27-19-9-7-17(8-10-19)22-21(23(30)26-13-20-6-3-11-32-20)28(24(31)33-22)14-16-4-2-5-18(25)12-16/h2-12,21-22H,13-14H2,1H3,(H,26,30)(H,27,29). The van der Waals surface area contributed by atoms with Gasteiger partial charge in [0.05, 0.1) is 19.4 Å². The highest BCUT2D eigenvalue weighted by Crippen LogP contribution is 2.34. The zero-order valence-corrected chi connectivity index (χ0v) is 17.8. The lowest BCUT2D eigenvalue weighted by atomic mass is 10.00. The summed E-state index contributed by atoms with van der Waals surface area (Å²) in [6.07, 6.45) is -0.0817. The SMILES string of the molecule is CC(=O)Nc1ccc(C2OC(=O)N(Cc3cccc(F)c3)C2C(=O)NCc2ccco2)cc1. The van der Waals surface area contributed by atoms with E-state index in [4.69, 9.17) is 9.15 Å². The molecule has 0 bridgehead atoms. The number of ether oxygens (including phenoxy) is 1. The number of hydrogen-bond acceptors (Lipinski definition) is 5. The number of carbonyl (C=O) groups is 3. The predicted molar refractivity (Wildman–Crippen MR) is 116 cm³/mol. The minimum Gasteiger partial charge on any atom is -0.467 e. The minimum absolute atomic E-state index is 0.00406. The van der Waals surface area contributed by atoms with E-state index in [1.807, 2.05) is 0 Å². The van der Waals surface area contributed by atoms with Crippen LogP contribution in [0.3, 0.4) is 0 Å². The highest BCUT2D eigenvalue weighted by atomic mass is 19.1. The number of amides is 3. The van der Waals surface area contributed by atoms with E-state index in [0.29, 0.717) is 22.6 Å². The van der Waals surface area contributed by atoms with Crippen molar-refractivity contribution in [1.82, 2.24) is 10.2 Å². The fraction of sp³-hybridized carbons (Fsp3) is 0.208. The summed E-state index contributed by atoms with van der Waals surface area (Å²) >= 11 is 0. The first-order chi connectivity index (χ1) is 15.9. The molecule has 1 fully saturated rings. The Kier molecular flexibility index (Phi) is 6.39. The molecular formula is C24H22FN3O5. The number of hydrogen-bond donors (Lipinski definition) is 2. The van der Waals surface area contributed by atoms with E-state index in [1.54, 1.807) is 42.5 Å². The van der Waals surface area contributed by atoms with Crippen LogP contribution in [0.15, 0.2) is 71.3 Å². The van der Waals surface area contributed by atoms with Gasteiger partial charge in [0.1, 0.15) is 11.6 Å². The second-order valence-electron chi connectivity index (χ2n) is 7.61. The maximum atomic E-state index is 13.7. The number of rotatable bonds is 7. The van der Waals surface area contributed by atoms with Crippen molar-refractivity contribution in [3.63, 3.8) is 0 Å². The lowest BCUT2D eigenvalue weighted by molar-refractivity contribution is -0.126. The summed E-state index contributed by atoms with van der Waals surface area (Å²) < 4.78 is 24.5. The molecule has 9 heteroatoms. The summed E-state index contributed by atoms with van der Waals surface area (Å²) in [5.74, 6) is -0.540. The van der Waals surface area contributed by atoms with Crippen LogP contribution in [-0.4, -0.2) is 28.8 Å². The van der Waals surface area contributed by atoms with Gasteiger partial charge in [-0.2, -0.15) is 0 Å². The molecule has 2 aromatic carbocycles. The van der Waals surface area contributed by atoms with Gasteiger partial charge in [0.15, 0.2) is 12.1 Å². The van der Waals surface area contributed by atoms with Crippen molar-refractivity contribution >= 4 is 23.6 Å². The van der Waals surface area contributed by atoms with Crippen molar-refractivity contribution in [1.29, 1.82) is 0 Å². The van der Waals surface area contributed by atoms with Crippen LogP contribution in [0.2, 0.25) is 0 Å². The largest absolute Gasteiger partial charge is 0.467 e. The van der Waals surface area contributed by atoms with Crippen molar-refractivity contribution in [2.24, 2.45) is 0 Å². The number of carbonyl (C=O) groups excluding carboxylic acids is 3. The summed E-state index contributed by atoms with van der Waals surface area (Å²) in [4.78, 5) is 38.5. The van der Waals surface area contributed by atoms with Gasteiger partial charge in [0, 0.05) is 12.6 Å². The number of nitrogens with one attached hydrogen (secondary N) is 2. The Labute approximate surface area is 189 Å². The zero-order valence-electron chi connectivity index (χ0n) is 17.8. The van der Waals surface area contributed by atoms with E-state index < -0.39 is 30.0 Å². The summed E-state index contributed by atoms with van der Waals surface area (Å²) in [5, 5.41) is 5.44. The van der Waals surface area contributed by atoms with Crippen molar-refractivity contribution in [3.8, 4) is 0 Å². The molecule has 33 heavy (non-hydrogen) atoms.